The van der Waals surface area contributed by atoms with E-state index >= 15 is 0 Å². The van der Waals surface area contributed by atoms with Crippen molar-refractivity contribution in [2.24, 2.45) is 5.92 Å². The lowest BCUT2D eigenvalue weighted by molar-refractivity contribution is 0.382. The van der Waals surface area contributed by atoms with Crippen LogP contribution in [0.5, 0.6) is 0 Å². The molecule has 0 aromatic carbocycles. The van der Waals surface area contributed by atoms with Crippen LogP contribution in [-0.4, -0.2) is 37.6 Å². The predicted molar refractivity (Wildman–Crippen MR) is 36.4 cm³/mol. The summed E-state index contributed by atoms with van der Waals surface area (Å²) in [7, 11) is 2.19. The third-order valence-electron chi connectivity index (χ3n) is 2.45. The lowest BCUT2D eigenvalue weighted by atomic mass is 10.1. The van der Waals surface area contributed by atoms with Crippen LogP contribution in [0.2, 0.25) is 0 Å². The first kappa shape index (κ1) is 5.69. The molecular formula is C7H13N2. The Bertz CT molecular complexity index is 101. The SMILES string of the molecule is CN1CC2CC[N]C2C1. The molecule has 0 aromatic rings. The van der Waals surface area contributed by atoms with E-state index in [9.17, 15) is 0 Å². The van der Waals surface area contributed by atoms with Crippen LogP contribution in [0.15, 0.2) is 0 Å². The minimum Gasteiger partial charge on any atom is -0.304 e. The van der Waals surface area contributed by atoms with Crippen LogP contribution in [0.4, 0.5) is 0 Å². The van der Waals surface area contributed by atoms with Gasteiger partial charge in [0.2, 0.25) is 0 Å². The summed E-state index contributed by atoms with van der Waals surface area (Å²) in [6.07, 6.45) is 1.34. The van der Waals surface area contributed by atoms with E-state index in [2.05, 4.69) is 17.3 Å². The van der Waals surface area contributed by atoms with Crippen LogP contribution in [0, 0.1) is 5.92 Å². The Hall–Kier alpha value is -0.0800. The molecule has 2 fully saturated rings. The van der Waals surface area contributed by atoms with E-state index in [0.29, 0.717) is 6.04 Å². The van der Waals surface area contributed by atoms with Gasteiger partial charge < -0.3 is 4.90 Å². The van der Waals surface area contributed by atoms with Gasteiger partial charge in [-0.15, -0.1) is 0 Å². The molecule has 2 saturated heterocycles. The highest BCUT2D eigenvalue weighted by Crippen LogP contribution is 2.23. The standard InChI is InChI=1S/C7H13N2/c1-9-4-6-2-3-8-7(6)5-9/h6-7H,2-5H2,1H3. The first-order valence-electron chi connectivity index (χ1n) is 3.71. The third kappa shape index (κ3) is 0.864. The van der Waals surface area contributed by atoms with E-state index in [1.165, 1.54) is 19.5 Å². The zero-order valence-electron chi connectivity index (χ0n) is 5.88. The number of hydrogen-bond acceptors (Lipinski definition) is 1. The molecule has 2 aliphatic heterocycles. The Labute approximate surface area is 56.2 Å². The lowest BCUT2D eigenvalue weighted by Gasteiger charge is -2.06. The maximum absolute atomic E-state index is 4.51. The molecule has 2 aliphatic rings. The molecule has 0 amide bonds. The molecule has 2 nitrogen and oxygen atoms in total. The highest BCUT2D eigenvalue weighted by molar-refractivity contribution is 4.92. The first-order valence-corrected chi connectivity index (χ1v) is 3.71. The zero-order chi connectivity index (χ0) is 6.27. The van der Waals surface area contributed by atoms with E-state index in [1.807, 2.05) is 0 Å². The number of likely N-dealkylation sites (N-methyl/N-ethyl adjacent to an activating group) is 1. The summed E-state index contributed by atoms with van der Waals surface area (Å²) in [4.78, 5) is 2.39. The van der Waals surface area contributed by atoms with Gasteiger partial charge in [0.05, 0.1) is 0 Å². The number of rotatable bonds is 0. The Morgan fingerprint density at radius 2 is 2.33 bits per heavy atom. The van der Waals surface area contributed by atoms with E-state index in [-0.39, 0.29) is 0 Å². The van der Waals surface area contributed by atoms with Crippen LogP contribution in [0.25, 0.3) is 0 Å². The number of hydrogen-bond donors (Lipinski definition) is 0. The van der Waals surface area contributed by atoms with Gasteiger partial charge in [0.1, 0.15) is 0 Å². The average Bonchev–Trinajstić information content (AvgIpc) is 2.22. The Balaban J connectivity index is 2.02. The van der Waals surface area contributed by atoms with Crippen molar-refractivity contribution in [1.82, 2.24) is 10.2 Å². The Morgan fingerprint density at radius 1 is 1.44 bits per heavy atom. The molecule has 2 heteroatoms. The second kappa shape index (κ2) is 1.96. The molecule has 0 N–H and O–H groups in total. The summed E-state index contributed by atoms with van der Waals surface area (Å²) in [6.45, 7) is 3.63. The van der Waals surface area contributed by atoms with Crippen LogP contribution in [-0.2, 0) is 0 Å². The number of nitrogens with zero attached hydrogens (tertiary/aromatic N) is 2. The van der Waals surface area contributed by atoms with Gasteiger partial charge in [0.25, 0.3) is 0 Å². The summed E-state index contributed by atoms with van der Waals surface area (Å²) in [5.41, 5.74) is 0. The van der Waals surface area contributed by atoms with Gasteiger partial charge in [0.15, 0.2) is 0 Å². The summed E-state index contributed by atoms with van der Waals surface area (Å²) in [5, 5.41) is 4.51. The maximum Gasteiger partial charge on any atom is 0.0414 e. The lowest BCUT2D eigenvalue weighted by Crippen LogP contribution is -2.23. The number of fused-ring (bicyclic) bond motifs is 1. The van der Waals surface area contributed by atoms with E-state index < -0.39 is 0 Å². The molecule has 2 unspecified atom stereocenters. The quantitative estimate of drug-likeness (QED) is 0.443. The molecule has 2 atom stereocenters. The van der Waals surface area contributed by atoms with Crippen LogP contribution < -0.4 is 5.32 Å². The van der Waals surface area contributed by atoms with Gasteiger partial charge >= 0.3 is 0 Å². The minimum absolute atomic E-state index is 0.704. The number of likely N-dealkylation sites (tertiary alicyclic amines) is 1. The fourth-order valence-electron chi connectivity index (χ4n) is 1.96. The summed E-state index contributed by atoms with van der Waals surface area (Å²) in [6, 6.07) is 0.704. The monoisotopic (exact) mass is 125 g/mol. The summed E-state index contributed by atoms with van der Waals surface area (Å²) in [5.74, 6) is 0.912. The summed E-state index contributed by atoms with van der Waals surface area (Å²) < 4.78 is 0. The molecule has 51 valence electrons. The van der Waals surface area contributed by atoms with E-state index in [1.54, 1.807) is 0 Å². The Morgan fingerprint density at radius 3 is 3.11 bits per heavy atom. The second-order valence-electron chi connectivity index (χ2n) is 3.24. The topological polar surface area (TPSA) is 17.3 Å². The fraction of sp³-hybridized carbons (Fsp3) is 1.00. The molecule has 1 radical (unpaired) electrons. The van der Waals surface area contributed by atoms with Crippen molar-refractivity contribution in [3.8, 4) is 0 Å². The normalized spacial score (nSPS) is 43.7. The zero-order valence-corrected chi connectivity index (χ0v) is 5.88. The summed E-state index contributed by atoms with van der Waals surface area (Å²) >= 11 is 0. The van der Waals surface area contributed by atoms with Crippen LogP contribution in [0.3, 0.4) is 0 Å². The first-order chi connectivity index (χ1) is 4.36. The van der Waals surface area contributed by atoms with Gasteiger partial charge in [-0.1, -0.05) is 0 Å². The van der Waals surface area contributed by atoms with Gasteiger partial charge in [0, 0.05) is 25.7 Å². The Kier molecular flexibility index (Phi) is 1.24. The molecule has 0 aromatic heterocycles. The second-order valence-corrected chi connectivity index (χ2v) is 3.24. The van der Waals surface area contributed by atoms with Crippen molar-refractivity contribution < 1.29 is 0 Å². The maximum atomic E-state index is 4.51. The van der Waals surface area contributed by atoms with Crippen molar-refractivity contribution >= 4 is 0 Å². The molecule has 2 rings (SSSR count). The van der Waals surface area contributed by atoms with Crippen molar-refractivity contribution in [2.75, 3.05) is 26.7 Å². The molecule has 0 bridgehead atoms. The third-order valence-corrected chi connectivity index (χ3v) is 2.45. The van der Waals surface area contributed by atoms with Gasteiger partial charge in [-0.05, 0) is 19.4 Å². The van der Waals surface area contributed by atoms with Crippen molar-refractivity contribution in [3.63, 3.8) is 0 Å². The fourth-order valence-corrected chi connectivity index (χ4v) is 1.96. The largest absolute Gasteiger partial charge is 0.304 e. The van der Waals surface area contributed by atoms with Crippen molar-refractivity contribution in [3.05, 3.63) is 0 Å². The van der Waals surface area contributed by atoms with Crippen LogP contribution >= 0.6 is 0 Å². The molecule has 9 heavy (non-hydrogen) atoms. The smallest absolute Gasteiger partial charge is 0.0414 e. The minimum atomic E-state index is 0.704. The van der Waals surface area contributed by atoms with Crippen LogP contribution in [0.1, 0.15) is 6.42 Å². The van der Waals surface area contributed by atoms with Crippen molar-refractivity contribution in [1.29, 1.82) is 0 Å². The molecule has 2 heterocycles. The van der Waals surface area contributed by atoms with E-state index in [4.69, 9.17) is 0 Å². The highest BCUT2D eigenvalue weighted by Gasteiger charge is 2.34. The molecular weight excluding hydrogens is 112 g/mol. The van der Waals surface area contributed by atoms with Gasteiger partial charge in [-0.3, -0.25) is 0 Å². The van der Waals surface area contributed by atoms with Gasteiger partial charge in [-0.25, -0.2) is 5.32 Å². The molecule has 0 saturated carbocycles. The average molecular weight is 125 g/mol. The molecule has 0 spiro atoms. The molecule has 0 aliphatic carbocycles. The van der Waals surface area contributed by atoms with E-state index in [0.717, 1.165) is 12.5 Å². The predicted octanol–water partition coefficient (Wildman–Crippen LogP) is -0.0753. The van der Waals surface area contributed by atoms with Crippen molar-refractivity contribution in [2.45, 2.75) is 12.5 Å². The highest BCUT2D eigenvalue weighted by atomic mass is 15.2. The van der Waals surface area contributed by atoms with Gasteiger partial charge in [-0.2, -0.15) is 0 Å².